The number of rotatable bonds is 4. The van der Waals surface area contributed by atoms with Gasteiger partial charge >= 0.3 is 12.0 Å². The van der Waals surface area contributed by atoms with Crippen LogP contribution in [-0.4, -0.2) is 24.6 Å². The first-order valence-electron chi connectivity index (χ1n) is 6.05. The lowest BCUT2D eigenvalue weighted by Crippen LogP contribution is -2.47. The highest BCUT2D eigenvalue weighted by molar-refractivity contribution is 5.90. The van der Waals surface area contributed by atoms with Crippen LogP contribution in [0, 0.1) is 6.92 Å². The Labute approximate surface area is 113 Å². The molecule has 5 heteroatoms. The fraction of sp³-hybridized carbons (Fsp3) is 0.429. The van der Waals surface area contributed by atoms with Crippen molar-refractivity contribution in [1.82, 2.24) is 5.32 Å². The Morgan fingerprint density at radius 1 is 1.21 bits per heavy atom. The molecule has 2 amide bonds. The first-order chi connectivity index (χ1) is 8.82. The van der Waals surface area contributed by atoms with Gasteiger partial charge in [0.2, 0.25) is 0 Å². The van der Waals surface area contributed by atoms with Gasteiger partial charge in [0.15, 0.2) is 0 Å². The summed E-state index contributed by atoms with van der Waals surface area (Å²) in [5, 5.41) is 5.45. The fourth-order valence-corrected chi connectivity index (χ4v) is 1.58. The highest BCUT2D eigenvalue weighted by Crippen LogP contribution is 2.11. The number of carbonyl (C=O) groups is 2. The summed E-state index contributed by atoms with van der Waals surface area (Å²) in [5.41, 5.74) is 1.16. The Morgan fingerprint density at radius 3 is 2.32 bits per heavy atom. The van der Waals surface area contributed by atoms with Gasteiger partial charge in [0.1, 0.15) is 0 Å². The van der Waals surface area contributed by atoms with E-state index in [0.717, 1.165) is 5.56 Å². The van der Waals surface area contributed by atoms with E-state index in [-0.39, 0.29) is 18.4 Å². The van der Waals surface area contributed by atoms with E-state index < -0.39 is 5.54 Å². The van der Waals surface area contributed by atoms with Crippen LogP contribution in [0.15, 0.2) is 24.3 Å². The summed E-state index contributed by atoms with van der Waals surface area (Å²) in [4.78, 5) is 23.0. The minimum Gasteiger partial charge on any atom is -0.469 e. The van der Waals surface area contributed by atoms with Gasteiger partial charge in [-0.1, -0.05) is 17.7 Å². The van der Waals surface area contributed by atoms with Crippen molar-refractivity contribution in [3.05, 3.63) is 29.8 Å². The lowest BCUT2D eigenvalue weighted by Gasteiger charge is -2.25. The normalized spacial score (nSPS) is 10.7. The molecular formula is C14H20N2O3. The number of hydrogen-bond donors (Lipinski definition) is 2. The molecule has 0 aromatic heterocycles. The lowest BCUT2D eigenvalue weighted by atomic mass is 10.0. The van der Waals surface area contributed by atoms with E-state index in [9.17, 15) is 9.59 Å². The first kappa shape index (κ1) is 15.0. The van der Waals surface area contributed by atoms with Gasteiger partial charge in [-0.25, -0.2) is 4.79 Å². The number of nitrogens with one attached hydrogen (secondary N) is 2. The smallest absolute Gasteiger partial charge is 0.319 e. The van der Waals surface area contributed by atoms with Crippen LogP contribution < -0.4 is 10.6 Å². The van der Waals surface area contributed by atoms with Crippen molar-refractivity contribution < 1.29 is 14.3 Å². The number of hydrogen-bond acceptors (Lipinski definition) is 3. The molecule has 1 aromatic rings. The SMILES string of the molecule is COC(=O)CC(C)(C)NC(=O)Nc1ccc(C)cc1. The predicted octanol–water partition coefficient (Wildman–Crippen LogP) is 2.46. The topological polar surface area (TPSA) is 67.4 Å². The minimum absolute atomic E-state index is 0.116. The van der Waals surface area contributed by atoms with E-state index in [1.807, 2.05) is 31.2 Å². The van der Waals surface area contributed by atoms with Crippen molar-refractivity contribution in [1.29, 1.82) is 0 Å². The average molecular weight is 264 g/mol. The molecule has 0 aliphatic rings. The Morgan fingerprint density at radius 2 is 1.79 bits per heavy atom. The molecule has 0 saturated heterocycles. The lowest BCUT2D eigenvalue weighted by molar-refractivity contribution is -0.141. The molecule has 0 fully saturated rings. The molecule has 0 heterocycles. The van der Waals surface area contributed by atoms with Gasteiger partial charge < -0.3 is 15.4 Å². The molecule has 0 bridgehead atoms. The van der Waals surface area contributed by atoms with Gasteiger partial charge in [-0.2, -0.15) is 0 Å². The van der Waals surface area contributed by atoms with Gasteiger partial charge in [0.05, 0.1) is 13.5 Å². The first-order valence-corrected chi connectivity index (χ1v) is 6.05. The van der Waals surface area contributed by atoms with Gasteiger partial charge in [-0.05, 0) is 32.9 Å². The van der Waals surface area contributed by atoms with Crippen molar-refractivity contribution in [2.75, 3.05) is 12.4 Å². The summed E-state index contributed by atoms with van der Waals surface area (Å²) in [5.74, 6) is -0.361. The maximum absolute atomic E-state index is 11.8. The highest BCUT2D eigenvalue weighted by Gasteiger charge is 2.24. The zero-order valence-electron chi connectivity index (χ0n) is 11.7. The van der Waals surface area contributed by atoms with Crippen LogP contribution in [-0.2, 0) is 9.53 Å². The molecule has 104 valence electrons. The molecular weight excluding hydrogens is 244 g/mol. The molecule has 0 aliphatic heterocycles. The van der Waals surface area contributed by atoms with Gasteiger partial charge in [0, 0.05) is 11.2 Å². The molecule has 0 unspecified atom stereocenters. The molecule has 0 atom stereocenters. The largest absolute Gasteiger partial charge is 0.469 e. The Hall–Kier alpha value is -2.04. The van der Waals surface area contributed by atoms with Crippen molar-refractivity contribution >= 4 is 17.7 Å². The molecule has 1 aromatic carbocycles. The third-order valence-electron chi connectivity index (χ3n) is 2.58. The van der Waals surface area contributed by atoms with Crippen LogP contribution in [0.25, 0.3) is 0 Å². The number of aryl methyl sites for hydroxylation is 1. The van der Waals surface area contributed by atoms with Crippen molar-refractivity contribution in [3.8, 4) is 0 Å². The zero-order valence-corrected chi connectivity index (χ0v) is 11.7. The van der Waals surface area contributed by atoms with Crippen LogP contribution in [0.5, 0.6) is 0 Å². The number of urea groups is 1. The molecule has 2 N–H and O–H groups in total. The quantitative estimate of drug-likeness (QED) is 0.821. The molecule has 5 nitrogen and oxygen atoms in total. The number of methoxy groups -OCH3 is 1. The third kappa shape index (κ3) is 5.42. The molecule has 0 radical (unpaired) electrons. The second kappa shape index (κ2) is 6.22. The summed E-state index contributed by atoms with van der Waals surface area (Å²) < 4.78 is 4.59. The molecule has 0 aliphatic carbocycles. The van der Waals surface area contributed by atoms with E-state index in [0.29, 0.717) is 5.69 Å². The van der Waals surface area contributed by atoms with Gasteiger partial charge in [0.25, 0.3) is 0 Å². The Kier molecular flexibility index (Phi) is 4.92. The molecule has 0 spiro atoms. The summed E-state index contributed by atoms with van der Waals surface area (Å²) >= 11 is 0. The number of esters is 1. The maximum Gasteiger partial charge on any atom is 0.319 e. The molecule has 0 saturated carbocycles. The summed E-state index contributed by atoms with van der Waals surface area (Å²) in [6.45, 7) is 5.50. The summed E-state index contributed by atoms with van der Waals surface area (Å²) in [6.07, 6.45) is 0.116. The number of ether oxygens (including phenoxy) is 1. The number of benzene rings is 1. The maximum atomic E-state index is 11.8. The number of anilines is 1. The monoisotopic (exact) mass is 264 g/mol. The highest BCUT2D eigenvalue weighted by atomic mass is 16.5. The predicted molar refractivity (Wildman–Crippen MR) is 74.0 cm³/mol. The average Bonchev–Trinajstić information content (AvgIpc) is 2.30. The van der Waals surface area contributed by atoms with Crippen molar-refractivity contribution in [2.45, 2.75) is 32.7 Å². The third-order valence-corrected chi connectivity index (χ3v) is 2.58. The van der Waals surface area contributed by atoms with Gasteiger partial charge in [-0.15, -0.1) is 0 Å². The Balaban J connectivity index is 2.54. The summed E-state index contributed by atoms with van der Waals surface area (Å²) in [7, 11) is 1.32. The van der Waals surface area contributed by atoms with Crippen LogP contribution in [0.1, 0.15) is 25.8 Å². The van der Waals surface area contributed by atoms with Gasteiger partial charge in [-0.3, -0.25) is 4.79 Å². The number of amides is 2. The number of carbonyl (C=O) groups excluding carboxylic acids is 2. The summed E-state index contributed by atoms with van der Waals surface area (Å²) in [6, 6.07) is 7.12. The van der Waals surface area contributed by atoms with Crippen LogP contribution in [0.2, 0.25) is 0 Å². The van der Waals surface area contributed by atoms with E-state index >= 15 is 0 Å². The van der Waals surface area contributed by atoms with Crippen LogP contribution >= 0.6 is 0 Å². The minimum atomic E-state index is -0.665. The van der Waals surface area contributed by atoms with E-state index in [1.165, 1.54) is 7.11 Å². The second-order valence-corrected chi connectivity index (χ2v) is 5.08. The van der Waals surface area contributed by atoms with Crippen molar-refractivity contribution in [3.63, 3.8) is 0 Å². The zero-order chi connectivity index (χ0) is 14.5. The van der Waals surface area contributed by atoms with E-state index in [2.05, 4.69) is 15.4 Å². The van der Waals surface area contributed by atoms with Crippen molar-refractivity contribution in [2.24, 2.45) is 0 Å². The fourth-order valence-electron chi connectivity index (χ4n) is 1.58. The second-order valence-electron chi connectivity index (χ2n) is 5.08. The van der Waals surface area contributed by atoms with Crippen LogP contribution in [0.3, 0.4) is 0 Å². The van der Waals surface area contributed by atoms with E-state index in [4.69, 9.17) is 0 Å². The molecule has 19 heavy (non-hydrogen) atoms. The Bertz CT molecular complexity index is 452. The van der Waals surface area contributed by atoms with E-state index in [1.54, 1.807) is 13.8 Å². The van der Waals surface area contributed by atoms with Crippen LogP contribution in [0.4, 0.5) is 10.5 Å². The standard InChI is InChI=1S/C14H20N2O3/c1-10-5-7-11(8-6-10)15-13(18)16-14(2,3)9-12(17)19-4/h5-8H,9H2,1-4H3,(H2,15,16,18). The molecule has 1 rings (SSSR count).